The summed E-state index contributed by atoms with van der Waals surface area (Å²) >= 11 is 0. The lowest BCUT2D eigenvalue weighted by atomic mass is 10.1. The third-order valence-electron chi connectivity index (χ3n) is 4.65. The van der Waals surface area contributed by atoms with Gasteiger partial charge in [0.05, 0.1) is 19.8 Å². The molecule has 0 saturated carbocycles. The summed E-state index contributed by atoms with van der Waals surface area (Å²) in [5.41, 5.74) is 0. The molecule has 0 aromatic heterocycles. The first-order valence-corrected chi connectivity index (χ1v) is 10.7. The van der Waals surface area contributed by atoms with E-state index in [2.05, 4.69) is 36.4 Å². The van der Waals surface area contributed by atoms with Crippen molar-refractivity contribution < 1.29 is 14.3 Å². The fraction of sp³-hybridized carbons (Fsp3) is 0.900. The van der Waals surface area contributed by atoms with E-state index >= 15 is 0 Å². The Morgan fingerprint density at radius 2 is 1.89 bits per heavy atom. The fourth-order valence-electron chi connectivity index (χ4n) is 3.11. The van der Waals surface area contributed by atoms with Gasteiger partial charge in [0.15, 0.2) is 5.96 Å². The predicted octanol–water partition coefficient (Wildman–Crippen LogP) is 2.78. The Morgan fingerprint density at radius 3 is 2.50 bits per heavy atom. The molecule has 166 valence electrons. The number of nitrogens with zero attached hydrogens (tertiary/aromatic N) is 2. The number of carbonyl (C=O) groups excluding carboxylic acids is 1. The molecule has 1 saturated heterocycles. The van der Waals surface area contributed by atoms with Crippen molar-refractivity contribution in [2.24, 2.45) is 4.99 Å². The summed E-state index contributed by atoms with van der Waals surface area (Å²) in [6.07, 6.45) is 5.85. The van der Waals surface area contributed by atoms with Gasteiger partial charge in [-0.15, -0.1) is 24.0 Å². The maximum atomic E-state index is 11.9. The van der Waals surface area contributed by atoms with Gasteiger partial charge in [-0.05, 0) is 32.6 Å². The van der Waals surface area contributed by atoms with Crippen LogP contribution in [0.25, 0.3) is 0 Å². The molecule has 7 nitrogen and oxygen atoms in total. The molecule has 28 heavy (non-hydrogen) atoms. The zero-order valence-electron chi connectivity index (χ0n) is 18.0. The Hall–Kier alpha value is -0.610. The summed E-state index contributed by atoms with van der Waals surface area (Å²) in [4.78, 5) is 18.6. The number of ether oxygens (including phenoxy) is 2. The second kappa shape index (κ2) is 18.4. The lowest BCUT2D eigenvalue weighted by Crippen LogP contribution is -2.40. The van der Waals surface area contributed by atoms with E-state index in [0.717, 1.165) is 57.8 Å². The van der Waals surface area contributed by atoms with Crippen LogP contribution in [0, 0.1) is 0 Å². The summed E-state index contributed by atoms with van der Waals surface area (Å²) in [7, 11) is 0. The van der Waals surface area contributed by atoms with Crippen LogP contribution in [0.5, 0.6) is 0 Å². The molecule has 1 fully saturated rings. The lowest BCUT2D eigenvalue weighted by Gasteiger charge is -2.26. The summed E-state index contributed by atoms with van der Waals surface area (Å²) < 4.78 is 11.0. The maximum Gasteiger partial charge on any atom is 0.222 e. The summed E-state index contributed by atoms with van der Waals surface area (Å²) in [5.74, 6) is 1.11. The van der Waals surface area contributed by atoms with Crippen LogP contribution in [-0.2, 0) is 14.3 Å². The number of likely N-dealkylation sites (tertiary alicyclic amines) is 1. The van der Waals surface area contributed by atoms with Crippen LogP contribution in [0.4, 0.5) is 0 Å². The van der Waals surface area contributed by atoms with Crippen LogP contribution in [0.3, 0.4) is 0 Å². The van der Waals surface area contributed by atoms with Gasteiger partial charge < -0.3 is 25.0 Å². The Bertz CT molecular complexity index is 424. The number of nitrogens with one attached hydrogen (secondary N) is 2. The van der Waals surface area contributed by atoms with Crippen molar-refractivity contribution in [2.45, 2.75) is 65.3 Å². The highest BCUT2D eigenvalue weighted by molar-refractivity contribution is 14.0. The molecule has 0 bridgehead atoms. The highest BCUT2D eigenvalue weighted by Gasteiger charge is 2.26. The highest BCUT2D eigenvalue weighted by Crippen LogP contribution is 2.17. The molecule has 0 aromatic carbocycles. The molecule has 1 amide bonds. The smallest absolute Gasteiger partial charge is 0.222 e. The van der Waals surface area contributed by atoms with Gasteiger partial charge in [0, 0.05) is 45.2 Å². The maximum absolute atomic E-state index is 11.9. The average Bonchev–Trinajstić information content (AvgIpc) is 3.09. The second-order valence-corrected chi connectivity index (χ2v) is 6.81. The largest absolute Gasteiger partial charge is 0.379 e. The van der Waals surface area contributed by atoms with Crippen molar-refractivity contribution in [3.05, 3.63) is 0 Å². The minimum absolute atomic E-state index is 0. The number of amides is 1. The molecule has 0 aliphatic carbocycles. The van der Waals surface area contributed by atoms with Crippen molar-refractivity contribution in [1.29, 1.82) is 0 Å². The van der Waals surface area contributed by atoms with E-state index in [1.54, 1.807) is 0 Å². The standard InChI is InChI=1S/C20H40N4O3.HI/c1-4-7-14-26-16-17-27-15-12-23-20(21-6-3)22-11-10-18(5-2)24-13-8-9-19(24)25;/h18H,4-17H2,1-3H3,(H2,21,22,23);1H. The minimum atomic E-state index is 0. The van der Waals surface area contributed by atoms with Gasteiger partial charge in [-0.3, -0.25) is 9.79 Å². The average molecular weight is 512 g/mol. The number of carbonyl (C=O) groups is 1. The lowest BCUT2D eigenvalue weighted by molar-refractivity contribution is -0.129. The zero-order chi connectivity index (χ0) is 19.7. The first-order valence-electron chi connectivity index (χ1n) is 10.7. The number of hydrogen-bond acceptors (Lipinski definition) is 4. The van der Waals surface area contributed by atoms with Crippen LogP contribution in [0.15, 0.2) is 4.99 Å². The molecule has 0 spiro atoms. The molecular formula is C20H41IN4O3. The van der Waals surface area contributed by atoms with Gasteiger partial charge >= 0.3 is 0 Å². The molecular weight excluding hydrogens is 471 g/mol. The molecule has 1 rings (SSSR count). The van der Waals surface area contributed by atoms with Crippen LogP contribution in [-0.4, -0.2) is 75.4 Å². The number of unbranched alkanes of at least 4 members (excludes halogenated alkanes) is 1. The zero-order valence-corrected chi connectivity index (χ0v) is 20.3. The van der Waals surface area contributed by atoms with E-state index in [-0.39, 0.29) is 24.0 Å². The van der Waals surface area contributed by atoms with E-state index < -0.39 is 0 Å². The Balaban J connectivity index is 0.00000729. The van der Waals surface area contributed by atoms with Gasteiger partial charge in [-0.25, -0.2) is 0 Å². The van der Waals surface area contributed by atoms with E-state index in [0.29, 0.717) is 51.3 Å². The van der Waals surface area contributed by atoms with Crippen molar-refractivity contribution in [1.82, 2.24) is 15.5 Å². The number of hydrogen-bond donors (Lipinski definition) is 2. The van der Waals surface area contributed by atoms with Crippen LogP contribution in [0.2, 0.25) is 0 Å². The SMILES string of the molecule is CCCCOCCOCCNC(=NCCC(CC)N1CCCC1=O)NCC.I. The first-order chi connectivity index (χ1) is 13.2. The van der Waals surface area contributed by atoms with Crippen molar-refractivity contribution in [2.75, 3.05) is 52.6 Å². The molecule has 1 heterocycles. The molecule has 1 aliphatic heterocycles. The fourth-order valence-corrected chi connectivity index (χ4v) is 3.11. The second-order valence-electron chi connectivity index (χ2n) is 6.81. The van der Waals surface area contributed by atoms with Crippen LogP contribution in [0.1, 0.15) is 59.3 Å². The molecule has 2 N–H and O–H groups in total. The summed E-state index contributed by atoms with van der Waals surface area (Å²) in [5, 5.41) is 6.55. The summed E-state index contributed by atoms with van der Waals surface area (Å²) in [6.45, 7) is 12.2. The van der Waals surface area contributed by atoms with Gasteiger partial charge in [0.2, 0.25) is 5.91 Å². The number of halogens is 1. The van der Waals surface area contributed by atoms with E-state index in [1.165, 1.54) is 0 Å². The van der Waals surface area contributed by atoms with E-state index in [4.69, 9.17) is 9.47 Å². The first kappa shape index (κ1) is 27.4. The van der Waals surface area contributed by atoms with Crippen molar-refractivity contribution in [3.63, 3.8) is 0 Å². The van der Waals surface area contributed by atoms with Crippen molar-refractivity contribution in [3.8, 4) is 0 Å². The van der Waals surface area contributed by atoms with Gasteiger partial charge in [-0.1, -0.05) is 20.3 Å². The minimum Gasteiger partial charge on any atom is -0.379 e. The molecule has 0 radical (unpaired) electrons. The molecule has 8 heteroatoms. The summed E-state index contributed by atoms with van der Waals surface area (Å²) in [6, 6.07) is 0.308. The van der Waals surface area contributed by atoms with Crippen LogP contribution < -0.4 is 10.6 Å². The van der Waals surface area contributed by atoms with E-state index in [9.17, 15) is 4.79 Å². The van der Waals surface area contributed by atoms with Gasteiger partial charge in [0.1, 0.15) is 0 Å². The third kappa shape index (κ3) is 12.1. The molecule has 1 atom stereocenters. The quantitative estimate of drug-likeness (QED) is 0.153. The topological polar surface area (TPSA) is 75.2 Å². The number of rotatable bonds is 15. The predicted molar refractivity (Wildman–Crippen MR) is 126 cm³/mol. The monoisotopic (exact) mass is 512 g/mol. The normalized spacial score (nSPS) is 15.5. The molecule has 1 aliphatic rings. The van der Waals surface area contributed by atoms with Crippen LogP contribution >= 0.6 is 24.0 Å². The third-order valence-corrected chi connectivity index (χ3v) is 4.65. The Morgan fingerprint density at radius 1 is 1.14 bits per heavy atom. The number of aliphatic imine (C=N–C) groups is 1. The van der Waals surface area contributed by atoms with E-state index in [1.807, 2.05) is 4.90 Å². The van der Waals surface area contributed by atoms with Crippen molar-refractivity contribution >= 4 is 35.8 Å². The van der Waals surface area contributed by atoms with Gasteiger partial charge in [0.25, 0.3) is 0 Å². The molecule has 1 unspecified atom stereocenters. The number of guanidine groups is 1. The Labute approximate surface area is 188 Å². The van der Waals surface area contributed by atoms with Gasteiger partial charge in [-0.2, -0.15) is 0 Å². The molecule has 0 aromatic rings. The Kier molecular flexibility index (Phi) is 18.0. The highest BCUT2D eigenvalue weighted by atomic mass is 127.